The quantitative estimate of drug-likeness (QED) is 0.831. The van der Waals surface area contributed by atoms with Crippen LogP contribution in [0.1, 0.15) is 22.0 Å². The molecule has 1 aliphatic rings. The fraction of sp³-hybridized carbons (Fsp3) is 0.133. The third-order valence-electron chi connectivity index (χ3n) is 3.28. The van der Waals surface area contributed by atoms with Gasteiger partial charge in [0.15, 0.2) is 0 Å². The Hall–Kier alpha value is -2.01. The van der Waals surface area contributed by atoms with Gasteiger partial charge in [0, 0.05) is 11.3 Å². The summed E-state index contributed by atoms with van der Waals surface area (Å²) in [6.07, 6.45) is 0. The van der Waals surface area contributed by atoms with Gasteiger partial charge in [0.1, 0.15) is 12.4 Å². The highest BCUT2D eigenvalue weighted by atomic mass is 79.9. The van der Waals surface area contributed by atoms with Crippen LogP contribution in [0, 0.1) is 0 Å². The van der Waals surface area contributed by atoms with E-state index in [4.69, 9.17) is 10.5 Å². The predicted octanol–water partition coefficient (Wildman–Crippen LogP) is 2.89. The molecule has 1 amide bonds. The molecule has 20 heavy (non-hydrogen) atoms. The van der Waals surface area contributed by atoms with E-state index in [0.717, 1.165) is 11.3 Å². The first-order valence-electron chi connectivity index (χ1n) is 6.23. The van der Waals surface area contributed by atoms with Crippen molar-refractivity contribution in [2.75, 3.05) is 12.3 Å². The highest BCUT2D eigenvalue weighted by molar-refractivity contribution is 9.10. The van der Waals surface area contributed by atoms with Gasteiger partial charge in [-0.1, -0.05) is 24.3 Å². The van der Waals surface area contributed by atoms with Gasteiger partial charge < -0.3 is 15.8 Å². The summed E-state index contributed by atoms with van der Waals surface area (Å²) < 4.78 is 6.17. The molecule has 0 spiro atoms. The van der Waals surface area contributed by atoms with Gasteiger partial charge in [-0.25, -0.2) is 0 Å². The number of carbonyl (C=O) groups is 1. The summed E-state index contributed by atoms with van der Waals surface area (Å²) in [7, 11) is 0. The van der Waals surface area contributed by atoms with Gasteiger partial charge >= 0.3 is 0 Å². The van der Waals surface area contributed by atoms with E-state index in [1.165, 1.54) is 0 Å². The molecule has 0 bridgehead atoms. The minimum absolute atomic E-state index is 0.132. The summed E-state index contributed by atoms with van der Waals surface area (Å²) >= 11 is 3.34. The van der Waals surface area contributed by atoms with Crippen LogP contribution in [-0.4, -0.2) is 12.5 Å². The number of nitrogen functional groups attached to an aromatic ring is 1. The summed E-state index contributed by atoms with van der Waals surface area (Å²) in [5.74, 6) is 0.652. The molecule has 0 aromatic heterocycles. The van der Waals surface area contributed by atoms with Crippen LogP contribution in [0.25, 0.3) is 0 Å². The number of carbonyl (C=O) groups excluding carboxylic acids is 1. The Labute approximate surface area is 125 Å². The van der Waals surface area contributed by atoms with Crippen molar-refractivity contribution in [3.05, 3.63) is 58.1 Å². The zero-order chi connectivity index (χ0) is 14.1. The molecule has 4 nitrogen and oxygen atoms in total. The summed E-state index contributed by atoms with van der Waals surface area (Å²) in [5.41, 5.74) is 7.86. The van der Waals surface area contributed by atoms with Crippen LogP contribution in [0.3, 0.4) is 0 Å². The van der Waals surface area contributed by atoms with Gasteiger partial charge in [-0.3, -0.25) is 4.79 Å². The number of nitrogens with one attached hydrogen (secondary N) is 1. The number of hydrogen-bond donors (Lipinski definition) is 2. The van der Waals surface area contributed by atoms with Crippen LogP contribution in [-0.2, 0) is 0 Å². The molecule has 1 heterocycles. The Bertz CT molecular complexity index is 673. The Morgan fingerprint density at radius 2 is 2.05 bits per heavy atom. The number of halogens is 1. The molecule has 0 fully saturated rings. The highest BCUT2D eigenvalue weighted by Gasteiger charge is 2.26. The van der Waals surface area contributed by atoms with E-state index in [1.807, 2.05) is 24.3 Å². The normalized spacial score (nSPS) is 16.4. The van der Waals surface area contributed by atoms with Crippen molar-refractivity contribution in [1.82, 2.24) is 5.32 Å². The van der Waals surface area contributed by atoms with Crippen molar-refractivity contribution >= 4 is 27.5 Å². The Balaban J connectivity index is 1.83. The zero-order valence-corrected chi connectivity index (χ0v) is 12.2. The summed E-state index contributed by atoms with van der Waals surface area (Å²) in [6.45, 7) is 0.449. The SMILES string of the molecule is Nc1cccc(C(=O)NC2COc3ccccc32)c1Br. The second kappa shape index (κ2) is 5.17. The predicted molar refractivity (Wildman–Crippen MR) is 80.7 cm³/mol. The maximum Gasteiger partial charge on any atom is 0.253 e. The first-order chi connectivity index (χ1) is 9.66. The van der Waals surface area contributed by atoms with E-state index < -0.39 is 0 Å². The lowest BCUT2D eigenvalue weighted by Crippen LogP contribution is -2.29. The van der Waals surface area contributed by atoms with Crippen LogP contribution in [0.5, 0.6) is 5.75 Å². The second-order valence-electron chi connectivity index (χ2n) is 4.58. The van der Waals surface area contributed by atoms with E-state index in [-0.39, 0.29) is 11.9 Å². The van der Waals surface area contributed by atoms with Crippen molar-refractivity contribution in [2.45, 2.75) is 6.04 Å². The second-order valence-corrected chi connectivity index (χ2v) is 5.38. The fourth-order valence-electron chi connectivity index (χ4n) is 2.24. The van der Waals surface area contributed by atoms with E-state index in [1.54, 1.807) is 18.2 Å². The number of fused-ring (bicyclic) bond motifs is 1. The summed E-state index contributed by atoms with van der Waals surface area (Å²) in [5, 5.41) is 2.97. The first kappa shape index (κ1) is 13.0. The van der Waals surface area contributed by atoms with Crippen LogP contribution >= 0.6 is 15.9 Å². The Morgan fingerprint density at radius 3 is 2.90 bits per heavy atom. The molecule has 0 radical (unpaired) electrons. The van der Waals surface area contributed by atoms with Crippen LogP contribution in [0.2, 0.25) is 0 Å². The van der Waals surface area contributed by atoms with E-state index in [9.17, 15) is 4.79 Å². The van der Waals surface area contributed by atoms with E-state index in [2.05, 4.69) is 21.2 Å². The van der Waals surface area contributed by atoms with Gasteiger partial charge in [-0.05, 0) is 34.1 Å². The molecule has 3 rings (SSSR count). The topological polar surface area (TPSA) is 64.4 Å². The van der Waals surface area contributed by atoms with Gasteiger partial charge in [-0.15, -0.1) is 0 Å². The molecule has 102 valence electrons. The maximum absolute atomic E-state index is 12.3. The lowest BCUT2D eigenvalue weighted by atomic mass is 10.1. The van der Waals surface area contributed by atoms with E-state index in [0.29, 0.717) is 22.3 Å². The Kier molecular flexibility index (Phi) is 3.36. The number of ether oxygens (including phenoxy) is 1. The molecule has 0 saturated carbocycles. The lowest BCUT2D eigenvalue weighted by Gasteiger charge is -2.13. The molecular formula is C15H13BrN2O2. The van der Waals surface area contributed by atoms with Crippen molar-refractivity contribution < 1.29 is 9.53 Å². The van der Waals surface area contributed by atoms with Crippen LogP contribution < -0.4 is 15.8 Å². The summed E-state index contributed by atoms with van der Waals surface area (Å²) in [6, 6.07) is 12.8. The van der Waals surface area contributed by atoms with Gasteiger partial charge in [-0.2, -0.15) is 0 Å². The van der Waals surface area contributed by atoms with Gasteiger partial charge in [0.05, 0.1) is 16.1 Å². The first-order valence-corrected chi connectivity index (χ1v) is 7.02. The largest absolute Gasteiger partial charge is 0.491 e. The lowest BCUT2D eigenvalue weighted by molar-refractivity contribution is 0.0929. The van der Waals surface area contributed by atoms with Gasteiger partial charge in [0.2, 0.25) is 0 Å². The number of rotatable bonds is 2. The minimum Gasteiger partial charge on any atom is -0.491 e. The van der Waals surface area contributed by atoms with Gasteiger partial charge in [0.25, 0.3) is 5.91 Å². The molecule has 0 saturated heterocycles. The monoisotopic (exact) mass is 332 g/mol. The van der Waals surface area contributed by atoms with E-state index >= 15 is 0 Å². The standard InChI is InChI=1S/C15H13BrN2O2/c16-14-10(5-3-6-11(14)17)15(19)18-12-8-20-13-7-2-1-4-9(12)13/h1-7,12H,8,17H2,(H,18,19). The van der Waals surface area contributed by atoms with Crippen LogP contribution in [0.4, 0.5) is 5.69 Å². The number of anilines is 1. The molecule has 0 aliphatic carbocycles. The third kappa shape index (κ3) is 2.25. The molecule has 1 unspecified atom stereocenters. The summed E-state index contributed by atoms with van der Waals surface area (Å²) in [4.78, 5) is 12.3. The molecule has 5 heteroatoms. The molecule has 1 aliphatic heterocycles. The fourth-order valence-corrected chi connectivity index (χ4v) is 2.69. The maximum atomic E-state index is 12.3. The number of para-hydroxylation sites is 1. The highest BCUT2D eigenvalue weighted by Crippen LogP contribution is 2.32. The number of benzene rings is 2. The van der Waals surface area contributed by atoms with Crippen molar-refractivity contribution in [1.29, 1.82) is 0 Å². The van der Waals surface area contributed by atoms with Crippen molar-refractivity contribution in [3.8, 4) is 5.75 Å². The minimum atomic E-state index is -0.172. The average molecular weight is 333 g/mol. The molecular weight excluding hydrogens is 320 g/mol. The third-order valence-corrected chi connectivity index (χ3v) is 4.16. The smallest absolute Gasteiger partial charge is 0.253 e. The number of nitrogens with two attached hydrogens (primary N) is 1. The molecule has 2 aromatic rings. The molecule has 2 aromatic carbocycles. The van der Waals surface area contributed by atoms with Crippen molar-refractivity contribution in [2.24, 2.45) is 0 Å². The van der Waals surface area contributed by atoms with Crippen LogP contribution in [0.15, 0.2) is 46.9 Å². The Morgan fingerprint density at radius 1 is 1.25 bits per heavy atom. The van der Waals surface area contributed by atoms with Crippen molar-refractivity contribution in [3.63, 3.8) is 0 Å². The molecule has 1 atom stereocenters. The molecule has 3 N–H and O–H groups in total. The number of hydrogen-bond acceptors (Lipinski definition) is 3. The number of amides is 1. The average Bonchev–Trinajstić information content (AvgIpc) is 2.85. The zero-order valence-electron chi connectivity index (χ0n) is 10.6.